The molecular weight excluding hydrogens is 589 g/mol. The molecule has 238 valence electrons. The van der Waals surface area contributed by atoms with Gasteiger partial charge in [0.25, 0.3) is 5.91 Å². The van der Waals surface area contributed by atoms with Crippen molar-refractivity contribution in [3.8, 4) is 11.1 Å². The van der Waals surface area contributed by atoms with Crippen molar-refractivity contribution in [2.24, 2.45) is 5.73 Å². The van der Waals surface area contributed by atoms with Crippen molar-refractivity contribution < 1.29 is 23.2 Å². The van der Waals surface area contributed by atoms with Crippen molar-refractivity contribution >= 4 is 42.6 Å². The molecule has 0 radical (unpaired) electrons. The van der Waals surface area contributed by atoms with Gasteiger partial charge in [0, 0.05) is 10.9 Å². The number of anilines is 1. The topological polar surface area (TPSA) is 120 Å². The molecule has 1 heterocycles. The number of nitrogens with zero attached hydrogens (tertiary/aromatic N) is 3. The van der Waals surface area contributed by atoms with E-state index in [1.807, 2.05) is 38.1 Å². The third-order valence-electron chi connectivity index (χ3n) is 8.54. The Morgan fingerprint density at radius 3 is 2.33 bits per heavy atom. The van der Waals surface area contributed by atoms with Crippen LogP contribution in [0.2, 0.25) is 18.1 Å². The Labute approximate surface area is 264 Å². The van der Waals surface area contributed by atoms with Gasteiger partial charge in [0.1, 0.15) is 13.1 Å². The fourth-order valence-corrected chi connectivity index (χ4v) is 5.92. The van der Waals surface area contributed by atoms with Crippen molar-refractivity contribution in [1.29, 1.82) is 0 Å². The molecule has 4 rings (SSSR count). The third-order valence-corrected chi connectivity index (χ3v) is 13.0. The number of halogens is 1. The highest BCUT2D eigenvalue weighted by Gasteiger charge is 2.38. The Hall–Kier alpha value is -4.35. The summed E-state index contributed by atoms with van der Waals surface area (Å²) in [5, 5.41) is 7.45. The Kier molecular flexibility index (Phi) is 9.94. The standard InChI is InChI=1S/C34H42FN5O4Si/c1-22-13-8-9-14-24(22)25-16-12-17-27(31(25)35)37-29(41)19-39(23(2)21-44-45(6,7)34(3,4)5)30(42)20-40-28-18-11-10-15-26(28)32(38-40)33(36)43/h8-18,23H,19-21H2,1-7H3,(H2,36,43)(H,37,41). The number of carbonyl (C=O) groups excluding carboxylic acids is 3. The van der Waals surface area contributed by atoms with Crippen LogP contribution in [0.5, 0.6) is 0 Å². The first-order valence-corrected chi connectivity index (χ1v) is 17.8. The van der Waals surface area contributed by atoms with Gasteiger partial charge in [-0.05, 0) is 55.2 Å². The highest BCUT2D eigenvalue weighted by Crippen LogP contribution is 2.36. The van der Waals surface area contributed by atoms with E-state index < -0.39 is 37.9 Å². The molecule has 0 saturated carbocycles. The van der Waals surface area contributed by atoms with Gasteiger partial charge in [0.2, 0.25) is 11.8 Å². The first-order chi connectivity index (χ1) is 21.1. The lowest BCUT2D eigenvalue weighted by molar-refractivity contribution is -0.138. The normalized spacial score (nSPS) is 12.6. The Balaban J connectivity index is 1.61. The number of rotatable bonds is 11. The molecule has 0 aliphatic carbocycles. The molecule has 1 atom stereocenters. The summed E-state index contributed by atoms with van der Waals surface area (Å²) in [6.45, 7) is 13.9. The quantitative estimate of drug-likeness (QED) is 0.193. The summed E-state index contributed by atoms with van der Waals surface area (Å²) >= 11 is 0. The number of amides is 3. The summed E-state index contributed by atoms with van der Waals surface area (Å²) in [5.74, 6) is -2.25. The second-order valence-electron chi connectivity index (χ2n) is 12.9. The number of benzene rings is 3. The van der Waals surface area contributed by atoms with E-state index in [4.69, 9.17) is 10.2 Å². The molecule has 3 amide bonds. The summed E-state index contributed by atoms with van der Waals surface area (Å²) in [4.78, 5) is 40.8. The fourth-order valence-electron chi connectivity index (χ4n) is 4.83. The summed E-state index contributed by atoms with van der Waals surface area (Å²) in [6, 6.07) is 18.8. The number of nitrogens with one attached hydrogen (secondary N) is 1. The van der Waals surface area contributed by atoms with Crippen molar-refractivity contribution in [1.82, 2.24) is 14.7 Å². The van der Waals surface area contributed by atoms with Gasteiger partial charge < -0.3 is 20.4 Å². The number of aryl methyl sites for hydroxylation is 1. The van der Waals surface area contributed by atoms with Crippen LogP contribution in [0.1, 0.15) is 43.7 Å². The number of primary amides is 1. The van der Waals surface area contributed by atoms with Crippen LogP contribution in [0.3, 0.4) is 0 Å². The molecule has 0 aliphatic heterocycles. The molecule has 1 unspecified atom stereocenters. The SMILES string of the molecule is Cc1ccccc1-c1cccc(NC(=O)CN(C(=O)Cn2nc(C(N)=O)c3ccccc32)C(C)CO[Si](C)(C)C(C)(C)C)c1F. The maximum absolute atomic E-state index is 15.7. The molecule has 0 bridgehead atoms. The van der Waals surface area contributed by atoms with E-state index in [1.54, 1.807) is 36.4 Å². The summed E-state index contributed by atoms with van der Waals surface area (Å²) in [7, 11) is -2.18. The highest BCUT2D eigenvalue weighted by molar-refractivity contribution is 6.74. The van der Waals surface area contributed by atoms with Crippen molar-refractivity contribution in [2.45, 2.75) is 65.3 Å². The molecule has 11 heteroatoms. The molecular formula is C34H42FN5O4Si. The van der Waals surface area contributed by atoms with Gasteiger partial charge >= 0.3 is 0 Å². The number of para-hydroxylation sites is 1. The predicted octanol–water partition coefficient (Wildman–Crippen LogP) is 6.13. The first-order valence-electron chi connectivity index (χ1n) is 14.9. The van der Waals surface area contributed by atoms with Gasteiger partial charge in [-0.3, -0.25) is 19.1 Å². The minimum Gasteiger partial charge on any atom is -0.415 e. The first kappa shape index (κ1) is 33.5. The molecule has 3 N–H and O–H groups in total. The molecule has 1 aromatic heterocycles. The lowest BCUT2D eigenvalue weighted by Crippen LogP contribution is -2.50. The Bertz CT molecular complexity index is 1730. The summed E-state index contributed by atoms with van der Waals surface area (Å²) in [6.07, 6.45) is 0. The van der Waals surface area contributed by atoms with Crippen molar-refractivity contribution in [3.05, 3.63) is 83.8 Å². The molecule has 3 aromatic carbocycles. The predicted molar refractivity (Wildman–Crippen MR) is 178 cm³/mol. The maximum Gasteiger partial charge on any atom is 0.269 e. The Morgan fingerprint density at radius 2 is 1.67 bits per heavy atom. The second kappa shape index (κ2) is 13.3. The average molecular weight is 632 g/mol. The maximum atomic E-state index is 15.7. The van der Waals surface area contributed by atoms with E-state index in [0.29, 0.717) is 16.5 Å². The lowest BCUT2D eigenvalue weighted by Gasteiger charge is -2.38. The van der Waals surface area contributed by atoms with Crippen LogP contribution < -0.4 is 11.1 Å². The highest BCUT2D eigenvalue weighted by atomic mass is 28.4. The smallest absolute Gasteiger partial charge is 0.269 e. The molecule has 0 spiro atoms. The van der Waals surface area contributed by atoms with Crippen LogP contribution in [-0.4, -0.2) is 59.9 Å². The van der Waals surface area contributed by atoms with Gasteiger partial charge in [0.15, 0.2) is 19.8 Å². The summed E-state index contributed by atoms with van der Waals surface area (Å²) < 4.78 is 23.5. The molecule has 0 fully saturated rings. The van der Waals surface area contributed by atoms with Crippen molar-refractivity contribution in [2.75, 3.05) is 18.5 Å². The molecule has 4 aromatic rings. The number of nitrogens with two attached hydrogens (primary N) is 1. The number of aromatic nitrogens is 2. The molecule has 0 saturated heterocycles. The number of carbonyl (C=O) groups is 3. The third kappa shape index (κ3) is 7.48. The fraction of sp³-hybridized carbons (Fsp3) is 0.353. The van der Waals surface area contributed by atoms with E-state index in [-0.39, 0.29) is 36.1 Å². The zero-order valence-electron chi connectivity index (χ0n) is 27.0. The van der Waals surface area contributed by atoms with Crippen molar-refractivity contribution in [3.63, 3.8) is 0 Å². The van der Waals surface area contributed by atoms with Gasteiger partial charge in [-0.25, -0.2) is 4.39 Å². The van der Waals surface area contributed by atoms with E-state index in [0.717, 1.165) is 11.1 Å². The van der Waals surface area contributed by atoms with Crippen LogP contribution in [0.15, 0.2) is 66.7 Å². The van der Waals surface area contributed by atoms with Gasteiger partial charge in [-0.1, -0.05) is 75.4 Å². The molecule has 0 aliphatic rings. The minimum absolute atomic E-state index is 0.0162. The van der Waals surface area contributed by atoms with E-state index in [2.05, 4.69) is 44.3 Å². The number of hydrogen-bond donors (Lipinski definition) is 2. The van der Waals surface area contributed by atoms with Crippen LogP contribution in [-0.2, 0) is 20.6 Å². The van der Waals surface area contributed by atoms with Crippen LogP contribution in [0, 0.1) is 12.7 Å². The zero-order valence-corrected chi connectivity index (χ0v) is 28.0. The lowest BCUT2D eigenvalue weighted by atomic mass is 9.99. The van der Waals surface area contributed by atoms with E-state index in [1.165, 1.54) is 15.6 Å². The largest absolute Gasteiger partial charge is 0.415 e. The van der Waals surface area contributed by atoms with E-state index in [9.17, 15) is 14.4 Å². The number of hydrogen-bond acceptors (Lipinski definition) is 5. The van der Waals surface area contributed by atoms with Gasteiger partial charge in [-0.15, -0.1) is 0 Å². The minimum atomic E-state index is -2.18. The van der Waals surface area contributed by atoms with Crippen LogP contribution in [0.4, 0.5) is 10.1 Å². The average Bonchev–Trinajstić information content (AvgIpc) is 3.34. The van der Waals surface area contributed by atoms with Crippen LogP contribution in [0.25, 0.3) is 22.0 Å². The van der Waals surface area contributed by atoms with Gasteiger partial charge in [0.05, 0.1) is 23.9 Å². The molecule has 45 heavy (non-hydrogen) atoms. The monoisotopic (exact) mass is 631 g/mol. The molecule has 9 nitrogen and oxygen atoms in total. The second-order valence-corrected chi connectivity index (χ2v) is 17.7. The van der Waals surface area contributed by atoms with Gasteiger partial charge in [-0.2, -0.15) is 5.10 Å². The van der Waals surface area contributed by atoms with Crippen LogP contribution >= 0.6 is 0 Å². The zero-order chi connectivity index (χ0) is 33.1. The van der Waals surface area contributed by atoms with E-state index >= 15 is 4.39 Å². The summed E-state index contributed by atoms with van der Waals surface area (Å²) in [5.41, 5.74) is 8.17. The Morgan fingerprint density at radius 1 is 1.02 bits per heavy atom. The number of fused-ring (bicyclic) bond motifs is 1.